The maximum absolute atomic E-state index is 12.5. The first-order chi connectivity index (χ1) is 12.1. The van der Waals surface area contributed by atoms with E-state index in [1.54, 1.807) is 36.2 Å². The molecule has 1 fully saturated rings. The van der Waals surface area contributed by atoms with Gasteiger partial charge in [0.15, 0.2) is 11.5 Å². The summed E-state index contributed by atoms with van der Waals surface area (Å²) in [6, 6.07) is 5.43. The fourth-order valence-electron chi connectivity index (χ4n) is 2.63. The van der Waals surface area contributed by atoms with Crippen LogP contribution < -0.4 is 9.47 Å². The largest absolute Gasteiger partial charge is 0.493 e. The zero-order valence-electron chi connectivity index (χ0n) is 14.5. The van der Waals surface area contributed by atoms with E-state index in [-0.39, 0.29) is 30.9 Å². The number of halogens is 1. The number of carbonyl (C=O) groups excluding carboxylic acids is 2. The van der Waals surface area contributed by atoms with Gasteiger partial charge < -0.3 is 24.0 Å². The minimum Gasteiger partial charge on any atom is -0.493 e. The van der Waals surface area contributed by atoms with Crippen molar-refractivity contribution in [2.45, 2.75) is 6.42 Å². The standard InChI is InChI=1S/C17H23ClN2O5/c1-23-14-4-3-13(11-15(14)24-2)12-16(21)19-6-8-20(9-7-19)17(22)25-10-5-18/h3-4,11H,5-10,12H2,1-2H3. The number of hydrogen-bond acceptors (Lipinski definition) is 5. The summed E-state index contributed by atoms with van der Waals surface area (Å²) < 4.78 is 15.5. The van der Waals surface area contributed by atoms with Crippen LogP contribution in [-0.4, -0.2) is 74.7 Å². The quantitative estimate of drug-likeness (QED) is 0.714. The lowest BCUT2D eigenvalue weighted by Crippen LogP contribution is -2.51. The molecule has 0 aromatic heterocycles. The number of nitrogens with zero attached hydrogens (tertiary/aromatic N) is 2. The third-order valence-electron chi connectivity index (χ3n) is 4.00. The number of rotatable bonds is 6. The molecule has 2 rings (SSSR count). The Balaban J connectivity index is 1.87. The van der Waals surface area contributed by atoms with Crippen LogP contribution in [0.4, 0.5) is 4.79 Å². The Kier molecular flexibility index (Phi) is 7.18. The Labute approximate surface area is 152 Å². The van der Waals surface area contributed by atoms with E-state index < -0.39 is 0 Å². The third kappa shape index (κ3) is 5.16. The number of benzene rings is 1. The number of methoxy groups -OCH3 is 2. The van der Waals surface area contributed by atoms with Crippen molar-refractivity contribution in [3.63, 3.8) is 0 Å². The van der Waals surface area contributed by atoms with Gasteiger partial charge in [0.05, 0.1) is 26.5 Å². The molecule has 0 atom stereocenters. The van der Waals surface area contributed by atoms with Gasteiger partial charge in [0.25, 0.3) is 0 Å². The van der Waals surface area contributed by atoms with Crippen LogP contribution in [0.5, 0.6) is 11.5 Å². The number of alkyl halides is 1. The number of amides is 2. The number of hydrogen-bond donors (Lipinski definition) is 0. The van der Waals surface area contributed by atoms with Gasteiger partial charge in [0.2, 0.25) is 5.91 Å². The normalized spacial score (nSPS) is 14.2. The molecule has 1 aromatic rings. The number of piperazine rings is 1. The Morgan fingerprint density at radius 2 is 1.68 bits per heavy atom. The average molecular weight is 371 g/mol. The smallest absolute Gasteiger partial charge is 0.409 e. The van der Waals surface area contributed by atoms with E-state index in [1.807, 2.05) is 6.07 Å². The van der Waals surface area contributed by atoms with Crippen molar-refractivity contribution >= 4 is 23.6 Å². The fourth-order valence-corrected chi connectivity index (χ4v) is 2.71. The lowest BCUT2D eigenvalue weighted by atomic mass is 10.1. The summed E-state index contributed by atoms with van der Waals surface area (Å²) in [6.07, 6.45) is -0.107. The van der Waals surface area contributed by atoms with Crippen LogP contribution in [0.2, 0.25) is 0 Å². The minimum absolute atomic E-state index is 0.0148. The van der Waals surface area contributed by atoms with Crippen LogP contribution in [0, 0.1) is 0 Å². The van der Waals surface area contributed by atoms with E-state index in [9.17, 15) is 9.59 Å². The second-order valence-corrected chi connectivity index (χ2v) is 5.92. The van der Waals surface area contributed by atoms with Crippen molar-refractivity contribution in [1.82, 2.24) is 9.80 Å². The molecule has 1 saturated heterocycles. The molecule has 0 spiro atoms. The zero-order chi connectivity index (χ0) is 18.2. The maximum Gasteiger partial charge on any atom is 0.409 e. The predicted octanol–water partition coefficient (Wildman–Crippen LogP) is 1.77. The Bertz CT molecular complexity index is 603. The Morgan fingerprint density at radius 3 is 2.28 bits per heavy atom. The summed E-state index contributed by atoms with van der Waals surface area (Å²) in [4.78, 5) is 27.6. The molecule has 1 heterocycles. The van der Waals surface area contributed by atoms with E-state index in [2.05, 4.69) is 0 Å². The molecule has 0 aliphatic carbocycles. The summed E-state index contributed by atoms with van der Waals surface area (Å²) >= 11 is 5.50. The first-order valence-electron chi connectivity index (χ1n) is 8.05. The average Bonchev–Trinajstić information content (AvgIpc) is 2.66. The molecule has 25 heavy (non-hydrogen) atoms. The zero-order valence-corrected chi connectivity index (χ0v) is 15.3. The van der Waals surface area contributed by atoms with E-state index in [0.29, 0.717) is 37.7 Å². The molecular formula is C17H23ClN2O5. The minimum atomic E-state index is -0.382. The van der Waals surface area contributed by atoms with Crippen LogP contribution in [0.3, 0.4) is 0 Å². The summed E-state index contributed by atoms with van der Waals surface area (Å²) in [5.41, 5.74) is 0.853. The third-order valence-corrected chi connectivity index (χ3v) is 4.15. The van der Waals surface area contributed by atoms with Crippen LogP contribution in [0.25, 0.3) is 0 Å². The van der Waals surface area contributed by atoms with Crippen molar-refractivity contribution in [1.29, 1.82) is 0 Å². The highest BCUT2D eigenvalue weighted by Gasteiger charge is 2.25. The Morgan fingerprint density at radius 1 is 1.04 bits per heavy atom. The second kappa shape index (κ2) is 9.36. The highest BCUT2D eigenvalue weighted by Crippen LogP contribution is 2.27. The van der Waals surface area contributed by atoms with Gasteiger partial charge in [-0.05, 0) is 17.7 Å². The molecule has 0 radical (unpaired) electrons. The van der Waals surface area contributed by atoms with Gasteiger partial charge in [-0.2, -0.15) is 0 Å². The molecular weight excluding hydrogens is 348 g/mol. The molecule has 2 amide bonds. The van der Waals surface area contributed by atoms with Crippen molar-refractivity contribution in [3.8, 4) is 11.5 Å². The predicted molar refractivity (Wildman–Crippen MR) is 93.5 cm³/mol. The molecule has 8 heteroatoms. The van der Waals surface area contributed by atoms with Crippen molar-refractivity contribution < 1.29 is 23.8 Å². The van der Waals surface area contributed by atoms with Crippen LogP contribution in [0.15, 0.2) is 18.2 Å². The fraction of sp³-hybridized carbons (Fsp3) is 0.529. The molecule has 1 aliphatic rings. The van der Waals surface area contributed by atoms with Gasteiger partial charge in [-0.3, -0.25) is 4.79 Å². The topological polar surface area (TPSA) is 68.3 Å². The Hall–Kier alpha value is -2.15. The molecule has 138 valence electrons. The van der Waals surface area contributed by atoms with Gasteiger partial charge in [-0.25, -0.2) is 4.79 Å². The van der Waals surface area contributed by atoms with Gasteiger partial charge in [0.1, 0.15) is 6.61 Å². The first kappa shape index (κ1) is 19.2. The number of ether oxygens (including phenoxy) is 3. The lowest BCUT2D eigenvalue weighted by molar-refractivity contribution is -0.132. The second-order valence-electron chi connectivity index (χ2n) is 5.54. The van der Waals surface area contributed by atoms with Crippen molar-refractivity contribution in [2.24, 2.45) is 0 Å². The molecule has 1 aliphatic heterocycles. The van der Waals surface area contributed by atoms with Gasteiger partial charge >= 0.3 is 6.09 Å². The van der Waals surface area contributed by atoms with Crippen molar-refractivity contribution in [2.75, 3.05) is 52.9 Å². The van der Waals surface area contributed by atoms with Crippen molar-refractivity contribution in [3.05, 3.63) is 23.8 Å². The maximum atomic E-state index is 12.5. The monoisotopic (exact) mass is 370 g/mol. The van der Waals surface area contributed by atoms with E-state index in [4.69, 9.17) is 25.8 Å². The van der Waals surface area contributed by atoms with Gasteiger partial charge in [0, 0.05) is 26.2 Å². The molecule has 0 saturated carbocycles. The summed E-state index contributed by atoms with van der Waals surface area (Å²) in [7, 11) is 3.13. The van der Waals surface area contributed by atoms with E-state index in [1.165, 1.54) is 0 Å². The van der Waals surface area contributed by atoms with Gasteiger partial charge in [-0.15, -0.1) is 11.6 Å². The SMILES string of the molecule is COc1ccc(CC(=O)N2CCN(C(=O)OCCCl)CC2)cc1OC. The summed E-state index contributed by atoms with van der Waals surface area (Å²) in [5, 5.41) is 0. The molecule has 0 bridgehead atoms. The highest BCUT2D eigenvalue weighted by molar-refractivity contribution is 6.18. The molecule has 7 nitrogen and oxygen atoms in total. The van der Waals surface area contributed by atoms with Crippen LogP contribution in [-0.2, 0) is 16.0 Å². The van der Waals surface area contributed by atoms with Gasteiger partial charge in [-0.1, -0.05) is 6.07 Å². The van der Waals surface area contributed by atoms with E-state index in [0.717, 1.165) is 5.56 Å². The number of carbonyl (C=O) groups is 2. The van der Waals surface area contributed by atoms with E-state index >= 15 is 0 Å². The molecule has 1 aromatic carbocycles. The molecule has 0 unspecified atom stereocenters. The van der Waals surface area contributed by atoms with Crippen LogP contribution in [0.1, 0.15) is 5.56 Å². The summed E-state index contributed by atoms with van der Waals surface area (Å²) in [6.45, 7) is 2.08. The van der Waals surface area contributed by atoms with Crippen LogP contribution >= 0.6 is 11.6 Å². The summed E-state index contributed by atoms with van der Waals surface area (Å²) in [5.74, 6) is 1.51. The highest BCUT2D eigenvalue weighted by atomic mass is 35.5. The lowest BCUT2D eigenvalue weighted by Gasteiger charge is -2.34. The first-order valence-corrected chi connectivity index (χ1v) is 8.58. The molecule has 0 N–H and O–H groups in total.